The van der Waals surface area contributed by atoms with Gasteiger partial charge in [0.15, 0.2) is 0 Å². The van der Waals surface area contributed by atoms with Gasteiger partial charge in [0.25, 0.3) is 0 Å². The molecule has 0 saturated heterocycles. The van der Waals surface area contributed by atoms with Crippen molar-refractivity contribution in [2.45, 2.75) is 51.6 Å². The van der Waals surface area contributed by atoms with Crippen molar-refractivity contribution in [2.24, 2.45) is 5.92 Å². The predicted molar refractivity (Wildman–Crippen MR) is 84.1 cm³/mol. The second kappa shape index (κ2) is 6.93. The Morgan fingerprint density at radius 1 is 1.30 bits per heavy atom. The lowest BCUT2D eigenvalue weighted by molar-refractivity contribution is 0.00229. The van der Waals surface area contributed by atoms with E-state index in [4.69, 9.17) is 0 Å². The highest BCUT2D eigenvalue weighted by molar-refractivity contribution is 5.51. The topological polar surface area (TPSA) is 57.2 Å². The fourth-order valence-corrected chi connectivity index (χ4v) is 2.88. The average Bonchev–Trinajstić information content (AvgIpc) is 2.47. The van der Waals surface area contributed by atoms with Gasteiger partial charge >= 0.3 is 0 Å². The van der Waals surface area contributed by atoms with E-state index in [9.17, 15) is 5.11 Å². The van der Waals surface area contributed by atoms with Crippen LogP contribution in [-0.4, -0.2) is 28.8 Å². The number of pyridine rings is 1. The number of nitrogens with zero attached hydrogens (tertiary/aromatic N) is 1. The van der Waals surface area contributed by atoms with Crippen LogP contribution in [0.1, 0.15) is 46.0 Å². The number of hydrogen-bond acceptors (Lipinski definition) is 4. The van der Waals surface area contributed by atoms with Gasteiger partial charge in [-0.15, -0.1) is 0 Å². The van der Waals surface area contributed by atoms with Crippen molar-refractivity contribution in [3.63, 3.8) is 0 Å². The molecule has 1 aromatic heterocycles. The minimum Gasteiger partial charge on any atom is -0.388 e. The zero-order valence-corrected chi connectivity index (χ0v) is 12.7. The van der Waals surface area contributed by atoms with Crippen LogP contribution in [0.25, 0.3) is 0 Å². The van der Waals surface area contributed by atoms with Gasteiger partial charge < -0.3 is 15.7 Å². The van der Waals surface area contributed by atoms with E-state index < -0.39 is 5.60 Å². The van der Waals surface area contributed by atoms with Gasteiger partial charge in [-0.2, -0.15) is 0 Å². The molecule has 1 aromatic rings. The van der Waals surface area contributed by atoms with Gasteiger partial charge in [0.05, 0.1) is 5.60 Å². The van der Waals surface area contributed by atoms with Crippen molar-refractivity contribution >= 4 is 11.5 Å². The van der Waals surface area contributed by atoms with Gasteiger partial charge in [-0.25, -0.2) is 4.98 Å². The summed E-state index contributed by atoms with van der Waals surface area (Å²) in [6.07, 6.45) is 7.13. The lowest BCUT2D eigenvalue weighted by Crippen LogP contribution is -2.40. The van der Waals surface area contributed by atoms with Gasteiger partial charge in [0.2, 0.25) is 0 Å². The Morgan fingerprint density at radius 3 is 2.70 bits per heavy atom. The molecular formula is C16H27N3O. The first-order chi connectivity index (χ1) is 9.65. The van der Waals surface area contributed by atoms with Crippen LogP contribution >= 0.6 is 0 Å². The fourth-order valence-electron chi connectivity index (χ4n) is 2.88. The number of anilines is 2. The van der Waals surface area contributed by atoms with E-state index in [1.165, 1.54) is 6.42 Å². The summed E-state index contributed by atoms with van der Waals surface area (Å²) in [5, 5.41) is 17.2. The molecule has 1 saturated carbocycles. The molecule has 1 aliphatic rings. The van der Waals surface area contributed by atoms with Crippen LogP contribution in [0.3, 0.4) is 0 Å². The van der Waals surface area contributed by atoms with E-state index in [0.717, 1.165) is 49.7 Å². The number of nitrogens with one attached hydrogen (secondary N) is 2. The Labute approximate surface area is 122 Å². The Morgan fingerprint density at radius 2 is 2.05 bits per heavy atom. The minimum absolute atomic E-state index is 0.548. The van der Waals surface area contributed by atoms with Crippen LogP contribution in [0.5, 0.6) is 0 Å². The summed E-state index contributed by atoms with van der Waals surface area (Å²) in [6.45, 7) is 5.78. The molecule has 1 heterocycles. The van der Waals surface area contributed by atoms with Crippen LogP contribution in [0.15, 0.2) is 18.3 Å². The summed E-state index contributed by atoms with van der Waals surface area (Å²) in [7, 11) is 0. The molecule has 20 heavy (non-hydrogen) atoms. The maximum atomic E-state index is 10.6. The zero-order chi connectivity index (χ0) is 14.4. The Kier molecular flexibility index (Phi) is 5.24. The van der Waals surface area contributed by atoms with Gasteiger partial charge in [-0.05, 0) is 44.6 Å². The minimum atomic E-state index is -0.548. The van der Waals surface area contributed by atoms with Crippen molar-refractivity contribution in [2.75, 3.05) is 23.7 Å². The third kappa shape index (κ3) is 4.10. The maximum absolute atomic E-state index is 10.6. The van der Waals surface area contributed by atoms with Gasteiger partial charge in [-0.1, -0.05) is 13.3 Å². The summed E-state index contributed by atoms with van der Waals surface area (Å²) >= 11 is 0. The molecule has 2 rings (SSSR count). The summed E-state index contributed by atoms with van der Waals surface area (Å²) in [4.78, 5) is 4.25. The normalized spacial score (nSPS) is 26.2. The second-order valence-electron chi connectivity index (χ2n) is 5.89. The Balaban J connectivity index is 1.87. The predicted octanol–water partition coefficient (Wildman–Crippen LogP) is 3.26. The Bertz CT molecular complexity index is 414. The lowest BCUT2D eigenvalue weighted by Gasteiger charge is -2.36. The highest BCUT2D eigenvalue weighted by Crippen LogP contribution is 2.33. The highest BCUT2D eigenvalue weighted by atomic mass is 16.3. The van der Waals surface area contributed by atoms with E-state index >= 15 is 0 Å². The fraction of sp³-hybridized carbons (Fsp3) is 0.688. The first kappa shape index (κ1) is 15.1. The van der Waals surface area contributed by atoms with E-state index in [1.54, 1.807) is 6.20 Å². The molecule has 3 N–H and O–H groups in total. The molecule has 0 atom stereocenters. The zero-order valence-electron chi connectivity index (χ0n) is 12.7. The smallest absolute Gasteiger partial charge is 0.127 e. The van der Waals surface area contributed by atoms with Gasteiger partial charge in [-0.3, -0.25) is 0 Å². The molecular weight excluding hydrogens is 250 g/mol. The highest BCUT2D eigenvalue weighted by Gasteiger charge is 2.32. The third-order valence-corrected chi connectivity index (χ3v) is 4.35. The van der Waals surface area contributed by atoms with Gasteiger partial charge in [0, 0.05) is 31.0 Å². The summed E-state index contributed by atoms with van der Waals surface area (Å²) in [5.74, 6) is 1.68. The quantitative estimate of drug-likeness (QED) is 0.747. The first-order valence-electron chi connectivity index (χ1n) is 7.81. The monoisotopic (exact) mass is 277 g/mol. The van der Waals surface area contributed by atoms with E-state index in [0.29, 0.717) is 6.54 Å². The van der Waals surface area contributed by atoms with E-state index in [-0.39, 0.29) is 0 Å². The maximum Gasteiger partial charge on any atom is 0.127 e. The Hall–Kier alpha value is -1.29. The van der Waals surface area contributed by atoms with Crippen molar-refractivity contribution in [3.8, 4) is 0 Å². The summed E-state index contributed by atoms with van der Waals surface area (Å²) < 4.78 is 0. The third-order valence-electron chi connectivity index (χ3n) is 4.35. The van der Waals surface area contributed by atoms with Crippen molar-refractivity contribution < 1.29 is 5.11 Å². The van der Waals surface area contributed by atoms with Crippen molar-refractivity contribution in [3.05, 3.63) is 18.3 Å². The molecule has 0 amide bonds. The van der Waals surface area contributed by atoms with Crippen LogP contribution in [0.2, 0.25) is 0 Å². The average molecular weight is 277 g/mol. The number of aliphatic hydroxyl groups is 1. The van der Waals surface area contributed by atoms with Crippen LogP contribution in [0, 0.1) is 5.92 Å². The SMILES string of the molecule is CCNc1cc(NCC2(O)CCC(CC)CC2)ccn1. The lowest BCUT2D eigenvalue weighted by atomic mass is 9.78. The standard InChI is InChI=1S/C16H27N3O/c1-3-13-5-8-16(20,9-6-13)12-19-14-7-10-18-15(11-14)17-4-2/h7,10-11,13,20H,3-6,8-9,12H2,1-2H3,(H2,17,18,19). The number of hydrogen-bond donors (Lipinski definition) is 3. The molecule has 1 fully saturated rings. The van der Waals surface area contributed by atoms with Crippen LogP contribution in [-0.2, 0) is 0 Å². The first-order valence-corrected chi connectivity index (χ1v) is 7.81. The number of aromatic nitrogens is 1. The molecule has 0 bridgehead atoms. The summed E-state index contributed by atoms with van der Waals surface area (Å²) in [5.41, 5.74) is 0.467. The van der Waals surface area contributed by atoms with Crippen LogP contribution in [0.4, 0.5) is 11.5 Å². The van der Waals surface area contributed by atoms with Crippen molar-refractivity contribution in [1.82, 2.24) is 4.98 Å². The van der Waals surface area contributed by atoms with E-state index in [2.05, 4.69) is 29.5 Å². The van der Waals surface area contributed by atoms with E-state index in [1.807, 2.05) is 12.1 Å². The molecule has 0 spiro atoms. The molecule has 4 heteroatoms. The molecule has 4 nitrogen and oxygen atoms in total. The second-order valence-corrected chi connectivity index (χ2v) is 5.89. The van der Waals surface area contributed by atoms with Gasteiger partial charge in [0.1, 0.15) is 5.82 Å². The molecule has 0 aliphatic heterocycles. The molecule has 0 unspecified atom stereocenters. The number of rotatable bonds is 6. The summed E-state index contributed by atoms with van der Waals surface area (Å²) in [6, 6.07) is 3.94. The largest absolute Gasteiger partial charge is 0.388 e. The molecule has 112 valence electrons. The molecule has 0 aromatic carbocycles. The van der Waals surface area contributed by atoms with Crippen LogP contribution < -0.4 is 10.6 Å². The van der Waals surface area contributed by atoms with Crippen molar-refractivity contribution in [1.29, 1.82) is 0 Å². The molecule has 1 aliphatic carbocycles. The molecule has 0 radical (unpaired) electrons.